The zero-order valence-electron chi connectivity index (χ0n) is 38.8. The minimum Gasteiger partial charge on any atom is -0.494 e. The number of ether oxygens (including phenoxy) is 1. The molecule has 4 saturated heterocycles. The number of para-hydroxylation sites is 2. The highest BCUT2D eigenvalue weighted by Gasteiger charge is 2.45. The van der Waals surface area contributed by atoms with Crippen molar-refractivity contribution in [2.45, 2.75) is 57.5 Å². The smallest absolute Gasteiger partial charge is 0.262 e. The number of aryl methyl sites for hydroxylation is 1. The molecule has 1 aromatic heterocycles. The van der Waals surface area contributed by atoms with E-state index in [1.54, 1.807) is 43.5 Å². The minimum atomic E-state index is -3.51. The molecule has 4 fully saturated rings. The van der Waals surface area contributed by atoms with Gasteiger partial charge in [0.2, 0.25) is 27.8 Å². The second-order valence-corrected chi connectivity index (χ2v) is 20.8. The summed E-state index contributed by atoms with van der Waals surface area (Å²) >= 11 is 6.51. The van der Waals surface area contributed by atoms with Crippen molar-refractivity contribution in [2.24, 2.45) is 5.92 Å². The fourth-order valence-corrected chi connectivity index (χ4v) is 10.9. The summed E-state index contributed by atoms with van der Waals surface area (Å²) in [7, 11) is -0.376. The number of imide groups is 2. The largest absolute Gasteiger partial charge is 0.494 e. The van der Waals surface area contributed by atoms with Crippen LogP contribution >= 0.6 is 11.6 Å². The average Bonchev–Trinajstić information content (AvgIpc) is 3.57. The molecule has 9 rings (SSSR count). The van der Waals surface area contributed by atoms with Crippen LogP contribution < -0.4 is 34.8 Å². The first-order chi connectivity index (χ1) is 32.6. The third kappa shape index (κ3) is 9.79. The molecule has 0 bridgehead atoms. The van der Waals surface area contributed by atoms with Crippen LogP contribution in [0.15, 0.2) is 60.8 Å². The number of carbonyl (C=O) groups is 4. The van der Waals surface area contributed by atoms with Crippen molar-refractivity contribution in [3.8, 4) is 5.75 Å². The van der Waals surface area contributed by atoms with Crippen molar-refractivity contribution in [2.75, 3.05) is 104 Å². The average molecular weight is 969 g/mol. The molecule has 1 atom stereocenters. The van der Waals surface area contributed by atoms with E-state index in [9.17, 15) is 27.6 Å². The van der Waals surface area contributed by atoms with E-state index in [0.717, 1.165) is 113 Å². The Balaban J connectivity index is 0.739. The molecule has 5 aliphatic rings. The monoisotopic (exact) mass is 967 g/mol. The first-order valence-electron chi connectivity index (χ1n) is 23.2. The Hall–Kier alpha value is -6.02. The van der Waals surface area contributed by atoms with Crippen molar-refractivity contribution >= 4 is 85.5 Å². The number of amides is 4. The van der Waals surface area contributed by atoms with Crippen molar-refractivity contribution < 1.29 is 32.3 Å². The summed E-state index contributed by atoms with van der Waals surface area (Å²) in [5.74, 6) is -0.108. The Kier molecular flexibility index (Phi) is 13.5. The van der Waals surface area contributed by atoms with E-state index in [0.29, 0.717) is 51.7 Å². The number of halogens is 1. The van der Waals surface area contributed by atoms with Gasteiger partial charge >= 0.3 is 0 Å². The lowest BCUT2D eigenvalue weighted by Gasteiger charge is -2.44. The second kappa shape index (κ2) is 19.5. The van der Waals surface area contributed by atoms with Gasteiger partial charge in [-0.2, -0.15) is 4.98 Å². The molecule has 4 aromatic rings. The summed E-state index contributed by atoms with van der Waals surface area (Å²) < 4.78 is 31.7. The molecule has 68 heavy (non-hydrogen) atoms. The predicted octanol–water partition coefficient (Wildman–Crippen LogP) is 5.23. The van der Waals surface area contributed by atoms with Crippen LogP contribution in [0.1, 0.15) is 64.8 Å². The molecule has 0 spiro atoms. The molecule has 3 N–H and O–H groups in total. The molecule has 0 aliphatic carbocycles. The quantitative estimate of drug-likeness (QED) is 0.147. The van der Waals surface area contributed by atoms with E-state index in [1.807, 2.05) is 12.1 Å². The van der Waals surface area contributed by atoms with Crippen LogP contribution in [0.4, 0.5) is 40.2 Å². The number of sulfonamides is 1. The number of hydrogen-bond acceptors (Lipinski definition) is 15. The lowest BCUT2D eigenvalue weighted by Crippen LogP contribution is -2.54. The second-order valence-electron chi connectivity index (χ2n) is 18.4. The van der Waals surface area contributed by atoms with Gasteiger partial charge in [0.15, 0.2) is 5.82 Å². The maximum Gasteiger partial charge on any atom is 0.262 e. The molecule has 6 heterocycles. The fourth-order valence-electron chi connectivity index (χ4n) is 10.3. The minimum absolute atomic E-state index is 0.0939. The number of carbonyl (C=O) groups excluding carboxylic acids is 4. The van der Waals surface area contributed by atoms with Gasteiger partial charge in [-0.3, -0.25) is 38.6 Å². The van der Waals surface area contributed by atoms with Gasteiger partial charge in [-0.1, -0.05) is 23.7 Å². The summed E-state index contributed by atoms with van der Waals surface area (Å²) in [5.41, 5.74) is 5.42. The molecule has 0 saturated carbocycles. The number of piperazine rings is 1. The third-order valence-corrected chi connectivity index (χ3v) is 15.6. The van der Waals surface area contributed by atoms with Gasteiger partial charge in [-0.05, 0) is 86.9 Å². The first-order valence-corrected chi connectivity index (χ1v) is 25.5. The van der Waals surface area contributed by atoms with Crippen LogP contribution in [0, 0.1) is 12.8 Å². The van der Waals surface area contributed by atoms with Gasteiger partial charge in [-0.25, -0.2) is 13.4 Å². The van der Waals surface area contributed by atoms with Gasteiger partial charge in [0.05, 0.1) is 47.8 Å². The number of fused-ring (bicyclic) bond motifs is 1. The molecule has 1 unspecified atom stereocenters. The first kappa shape index (κ1) is 47.1. The summed E-state index contributed by atoms with van der Waals surface area (Å²) in [5, 5.41) is 9.00. The van der Waals surface area contributed by atoms with Crippen molar-refractivity contribution in [1.82, 2.24) is 30.0 Å². The van der Waals surface area contributed by atoms with E-state index in [2.05, 4.69) is 58.5 Å². The van der Waals surface area contributed by atoms with E-state index in [-0.39, 0.29) is 29.7 Å². The number of aromatic nitrogens is 2. The topological polar surface area (TPSA) is 193 Å². The normalized spacial score (nSPS) is 20.1. The standard InChI is InChI=1S/C48H58ClN11O7S/c1-30-25-38(52-48-50-28-36(49)44(54-48)51-37-7-5-6-8-39(37)55(2)68(4,65)66)42(67-3)27-41(30)59-19-15-32(16-20-59)58-23-21-56(22-24-58)29-31-13-17-57(18-14-31)33-9-10-34-35(26-33)47(64)60(46(34)63)40-11-12-43(61)53-45(40)62/h5-10,25-28,31-32,40H,11-24,29H2,1-4H3,(H,53,61,62)(H2,50,51,52,54). The number of benzene rings is 3. The van der Waals surface area contributed by atoms with Gasteiger partial charge < -0.3 is 30.1 Å². The highest BCUT2D eigenvalue weighted by molar-refractivity contribution is 7.92. The van der Waals surface area contributed by atoms with Crippen LogP contribution in [0.2, 0.25) is 5.02 Å². The number of nitrogens with zero attached hydrogens (tertiary/aromatic N) is 8. The molecule has 20 heteroatoms. The summed E-state index contributed by atoms with van der Waals surface area (Å²) in [6.07, 6.45) is 7.11. The Morgan fingerprint density at radius 2 is 1.54 bits per heavy atom. The van der Waals surface area contributed by atoms with Crippen molar-refractivity contribution in [3.05, 3.63) is 82.5 Å². The number of hydrogen-bond donors (Lipinski definition) is 3. The molecule has 4 amide bonds. The zero-order chi connectivity index (χ0) is 47.9. The van der Waals surface area contributed by atoms with Crippen LogP contribution in [0.5, 0.6) is 5.75 Å². The zero-order valence-corrected chi connectivity index (χ0v) is 40.4. The number of anilines is 7. The molecule has 0 radical (unpaired) electrons. The molecular formula is C48H58ClN11O7S. The van der Waals surface area contributed by atoms with Gasteiger partial charge in [0, 0.05) is 95.9 Å². The number of methoxy groups -OCH3 is 1. The molecule has 5 aliphatic heterocycles. The molecule has 3 aromatic carbocycles. The third-order valence-electron chi connectivity index (χ3n) is 14.2. The summed E-state index contributed by atoms with van der Waals surface area (Å²) in [6.45, 7) is 11.0. The van der Waals surface area contributed by atoms with Crippen molar-refractivity contribution in [3.63, 3.8) is 0 Å². The van der Waals surface area contributed by atoms with Gasteiger partial charge in [-0.15, -0.1) is 0 Å². The number of rotatable bonds is 13. The van der Waals surface area contributed by atoms with E-state index >= 15 is 0 Å². The predicted molar refractivity (Wildman–Crippen MR) is 262 cm³/mol. The van der Waals surface area contributed by atoms with E-state index < -0.39 is 33.8 Å². The van der Waals surface area contributed by atoms with Gasteiger partial charge in [0.25, 0.3) is 11.8 Å². The van der Waals surface area contributed by atoms with Crippen LogP contribution in [0.25, 0.3) is 0 Å². The summed E-state index contributed by atoms with van der Waals surface area (Å²) in [6, 6.07) is 16.1. The Morgan fingerprint density at radius 3 is 2.25 bits per heavy atom. The highest BCUT2D eigenvalue weighted by Crippen LogP contribution is 2.38. The lowest BCUT2D eigenvalue weighted by molar-refractivity contribution is -0.136. The SMILES string of the molecule is COc1cc(N2CCC(N3CCN(CC4CCN(c5ccc6c(c5)C(=O)N(C5CCC(=O)NC5=O)C6=O)CC4)CC3)CC2)c(C)cc1Nc1ncc(Cl)c(Nc2ccccc2N(C)S(C)(=O)=O)n1. The Labute approximate surface area is 402 Å². The van der Waals surface area contributed by atoms with Crippen LogP contribution in [0.3, 0.4) is 0 Å². The van der Waals surface area contributed by atoms with Crippen LogP contribution in [-0.2, 0) is 19.6 Å². The number of nitrogens with one attached hydrogen (secondary N) is 3. The van der Waals surface area contributed by atoms with E-state index in [4.69, 9.17) is 16.3 Å². The molecular weight excluding hydrogens is 910 g/mol. The molecule has 18 nitrogen and oxygen atoms in total. The Bertz CT molecular complexity index is 2720. The van der Waals surface area contributed by atoms with Crippen LogP contribution in [-0.4, -0.2) is 148 Å². The van der Waals surface area contributed by atoms with Crippen molar-refractivity contribution in [1.29, 1.82) is 0 Å². The van der Waals surface area contributed by atoms with Gasteiger partial charge in [0.1, 0.15) is 16.8 Å². The fraction of sp³-hybridized carbons (Fsp3) is 0.458. The van der Waals surface area contributed by atoms with E-state index in [1.165, 1.54) is 17.5 Å². The summed E-state index contributed by atoms with van der Waals surface area (Å²) in [4.78, 5) is 70.8. The molecule has 360 valence electrons. The number of piperidine rings is 3. The maximum atomic E-state index is 13.4. The lowest BCUT2D eigenvalue weighted by atomic mass is 9.95. The Morgan fingerprint density at radius 1 is 0.838 bits per heavy atom. The maximum absolute atomic E-state index is 13.4. The highest BCUT2D eigenvalue weighted by atomic mass is 35.5.